The summed E-state index contributed by atoms with van der Waals surface area (Å²) in [5.74, 6) is -2.08. The highest BCUT2D eigenvalue weighted by atomic mass is 19.1. The number of hydrogen-bond donors (Lipinski definition) is 1. The third-order valence-corrected chi connectivity index (χ3v) is 5.14. The quantitative estimate of drug-likeness (QED) is 0.677. The van der Waals surface area contributed by atoms with Crippen molar-refractivity contribution < 1.29 is 23.5 Å². The molecular formula is C23H25FN2O4. The van der Waals surface area contributed by atoms with Crippen LogP contribution in [0.1, 0.15) is 24.5 Å². The van der Waals surface area contributed by atoms with Crippen LogP contribution in [0, 0.1) is 11.7 Å². The zero-order valence-electron chi connectivity index (χ0n) is 16.9. The van der Waals surface area contributed by atoms with Gasteiger partial charge in [0.25, 0.3) is 5.91 Å². The van der Waals surface area contributed by atoms with E-state index in [0.717, 1.165) is 17.7 Å². The van der Waals surface area contributed by atoms with Gasteiger partial charge in [-0.05, 0) is 36.1 Å². The van der Waals surface area contributed by atoms with E-state index in [1.54, 1.807) is 23.1 Å². The SMILES string of the molecule is CCc1ccccc1N1C[C@@H](C(=O)OCC(=O)NCCc2ccccc2F)CC1=O. The van der Waals surface area contributed by atoms with Gasteiger partial charge in [-0.15, -0.1) is 0 Å². The molecule has 2 amide bonds. The van der Waals surface area contributed by atoms with Crippen molar-refractivity contribution in [3.8, 4) is 0 Å². The fourth-order valence-corrected chi connectivity index (χ4v) is 3.51. The molecule has 1 saturated heterocycles. The molecule has 1 aliphatic heterocycles. The molecule has 3 rings (SSSR count). The Kier molecular flexibility index (Phi) is 7.17. The van der Waals surface area contributed by atoms with Gasteiger partial charge in [0.15, 0.2) is 6.61 Å². The molecule has 0 spiro atoms. The summed E-state index contributed by atoms with van der Waals surface area (Å²) in [4.78, 5) is 38.3. The summed E-state index contributed by atoms with van der Waals surface area (Å²) in [5, 5.41) is 2.60. The summed E-state index contributed by atoms with van der Waals surface area (Å²) in [6, 6.07) is 14.0. The Balaban J connectivity index is 1.45. The van der Waals surface area contributed by atoms with E-state index in [2.05, 4.69) is 5.32 Å². The summed E-state index contributed by atoms with van der Waals surface area (Å²) >= 11 is 0. The zero-order valence-corrected chi connectivity index (χ0v) is 16.9. The molecule has 0 bridgehead atoms. The van der Waals surface area contributed by atoms with Gasteiger partial charge < -0.3 is 15.0 Å². The molecule has 0 saturated carbocycles. The maximum Gasteiger partial charge on any atom is 0.311 e. The van der Waals surface area contributed by atoms with Gasteiger partial charge in [0, 0.05) is 25.2 Å². The number of anilines is 1. The normalized spacial score (nSPS) is 15.9. The number of esters is 1. The van der Waals surface area contributed by atoms with Gasteiger partial charge in [0.1, 0.15) is 5.82 Å². The van der Waals surface area contributed by atoms with Crippen molar-refractivity contribution in [1.82, 2.24) is 5.32 Å². The van der Waals surface area contributed by atoms with E-state index in [-0.39, 0.29) is 31.2 Å². The number of amides is 2. The second-order valence-corrected chi connectivity index (χ2v) is 7.19. The Hall–Kier alpha value is -3.22. The third kappa shape index (κ3) is 5.23. The molecule has 2 aromatic rings. The van der Waals surface area contributed by atoms with E-state index in [1.807, 2.05) is 31.2 Å². The smallest absolute Gasteiger partial charge is 0.311 e. The fourth-order valence-electron chi connectivity index (χ4n) is 3.51. The van der Waals surface area contributed by atoms with Gasteiger partial charge in [0.2, 0.25) is 5.91 Å². The average molecular weight is 412 g/mol. The minimum Gasteiger partial charge on any atom is -0.455 e. The third-order valence-electron chi connectivity index (χ3n) is 5.14. The van der Waals surface area contributed by atoms with Crippen LogP contribution in [0.5, 0.6) is 0 Å². The van der Waals surface area contributed by atoms with E-state index in [0.29, 0.717) is 12.0 Å². The first-order chi connectivity index (χ1) is 14.5. The van der Waals surface area contributed by atoms with Crippen molar-refractivity contribution in [3.05, 3.63) is 65.5 Å². The van der Waals surface area contributed by atoms with Crippen molar-refractivity contribution in [1.29, 1.82) is 0 Å². The number of hydrogen-bond acceptors (Lipinski definition) is 4. The topological polar surface area (TPSA) is 75.7 Å². The van der Waals surface area contributed by atoms with Crippen LogP contribution < -0.4 is 10.2 Å². The summed E-state index contributed by atoms with van der Waals surface area (Å²) in [6.45, 7) is 2.06. The van der Waals surface area contributed by atoms with Crippen molar-refractivity contribution in [2.45, 2.75) is 26.2 Å². The number of carbonyl (C=O) groups excluding carboxylic acids is 3. The van der Waals surface area contributed by atoms with Crippen molar-refractivity contribution >= 4 is 23.5 Å². The molecule has 1 fully saturated rings. The van der Waals surface area contributed by atoms with Crippen LogP contribution >= 0.6 is 0 Å². The van der Waals surface area contributed by atoms with E-state index >= 15 is 0 Å². The number of carbonyl (C=O) groups is 3. The molecule has 6 nitrogen and oxygen atoms in total. The van der Waals surface area contributed by atoms with E-state index in [9.17, 15) is 18.8 Å². The average Bonchev–Trinajstić information content (AvgIpc) is 3.15. The van der Waals surface area contributed by atoms with Gasteiger partial charge in [0.05, 0.1) is 5.92 Å². The maximum atomic E-state index is 13.6. The minimum absolute atomic E-state index is 0.0613. The van der Waals surface area contributed by atoms with Gasteiger partial charge in [-0.2, -0.15) is 0 Å². The number of ether oxygens (including phenoxy) is 1. The number of aryl methyl sites for hydroxylation is 1. The lowest BCUT2D eigenvalue weighted by molar-refractivity contribution is -0.152. The van der Waals surface area contributed by atoms with Gasteiger partial charge in [-0.25, -0.2) is 4.39 Å². The molecule has 158 valence electrons. The Morgan fingerprint density at radius 3 is 2.57 bits per heavy atom. The molecule has 30 heavy (non-hydrogen) atoms. The van der Waals surface area contributed by atoms with Crippen LogP contribution in [0.25, 0.3) is 0 Å². The number of rotatable bonds is 8. The van der Waals surface area contributed by atoms with Crippen molar-refractivity contribution in [2.24, 2.45) is 5.92 Å². The molecule has 7 heteroatoms. The van der Waals surface area contributed by atoms with Crippen LogP contribution in [-0.2, 0) is 32.0 Å². The molecule has 1 aliphatic rings. The Morgan fingerprint density at radius 1 is 1.13 bits per heavy atom. The Bertz CT molecular complexity index is 931. The predicted octanol–water partition coefficient (Wildman–Crippen LogP) is 2.64. The number of halogens is 1. The highest BCUT2D eigenvalue weighted by Gasteiger charge is 2.36. The van der Waals surface area contributed by atoms with Crippen LogP contribution in [-0.4, -0.2) is 37.5 Å². The highest BCUT2D eigenvalue weighted by Crippen LogP contribution is 2.29. The first-order valence-corrected chi connectivity index (χ1v) is 10.0. The summed E-state index contributed by atoms with van der Waals surface area (Å²) in [7, 11) is 0. The first-order valence-electron chi connectivity index (χ1n) is 10.0. The monoisotopic (exact) mass is 412 g/mol. The van der Waals surface area contributed by atoms with Crippen LogP contribution in [0.3, 0.4) is 0 Å². The molecule has 1 N–H and O–H groups in total. The molecule has 0 unspecified atom stereocenters. The second kappa shape index (κ2) is 10.0. The summed E-state index contributed by atoms with van der Waals surface area (Å²) < 4.78 is 18.7. The van der Waals surface area contributed by atoms with Gasteiger partial charge in [-0.3, -0.25) is 14.4 Å². The van der Waals surface area contributed by atoms with Crippen LogP contribution in [0.2, 0.25) is 0 Å². The van der Waals surface area contributed by atoms with Crippen LogP contribution in [0.4, 0.5) is 10.1 Å². The Labute approximate surface area is 175 Å². The molecule has 0 aliphatic carbocycles. The molecule has 2 aromatic carbocycles. The van der Waals surface area contributed by atoms with E-state index in [4.69, 9.17) is 4.74 Å². The number of nitrogens with one attached hydrogen (secondary N) is 1. The standard InChI is InChI=1S/C23H25FN2O4/c1-2-16-7-4-6-10-20(16)26-14-18(13-22(26)28)23(29)30-15-21(27)25-12-11-17-8-3-5-9-19(17)24/h3-10,18H,2,11-15H2,1H3,(H,25,27)/t18-/m0/s1. The second-order valence-electron chi connectivity index (χ2n) is 7.19. The van der Waals surface area contributed by atoms with Crippen LogP contribution in [0.15, 0.2) is 48.5 Å². The zero-order chi connectivity index (χ0) is 21.5. The maximum absolute atomic E-state index is 13.6. The number of benzene rings is 2. The molecular weight excluding hydrogens is 387 g/mol. The fraction of sp³-hybridized carbons (Fsp3) is 0.348. The lowest BCUT2D eigenvalue weighted by atomic mass is 10.1. The first kappa shape index (κ1) is 21.5. The molecule has 1 heterocycles. The number of nitrogens with zero attached hydrogens (tertiary/aromatic N) is 1. The number of para-hydroxylation sites is 1. The molecule has 1 atom stereocenters. The predicted molar refractivity (Wildman–Crippen MR) is 110 cm³/mol. The van der Waals surface area contributed by atoms with E-state index in [1.165, 1.54) is 6.07 Å². The molecule has 0 aromatic heterocycles. The molecule has 0 radical (unpaired) electrons. The summed E-state index contributed by atoms with van der Waals surface area (Å²) in [5.41, 5.74) is 2.35. The minimum atomic E-state index is -0.603. The van der Waals surface area contributed by atoms with Gasteiger partial charge in [-0.1, -0.05) is 43.3 Å². The van der Waals surface area contributed by atoms with Crippen molar-refractivity contribution in [2.75, 3.05) is 24.6 Å². The van der Waals surface area contributed by atoms with Crippen molar-refractivity contribution in [3.63, 3.8) is 0 Å². The highest BCUT2D eigenvalue weighted by molar-refractivity contribution is 6.00. The largest absolute Gasteiger partial charge is 0.455 e. The Morgan fingerprint density at radius 2 is 1.83 bits per heavy atom. The lowest BCUT2D eigenvalue weighted by Crippen LogP contribution is -2.32. The van der Waals surface area contributed by atoms with E-state index < -0.39 is 24.4 Å². The van der Waals surface area contributed by atoms with Gasteiger partial charge >= 0.3 is 5.97 Å². The summed E-state index contributed by atoms with van der Waals surface area (Å²) in [6.07, 6.45) is 1.18. The lowest BCUT2D eigenvalue weighted by Gasteiger charge is -2.19.